The Hall–Kier alpha value is -2.69. The van der Waals surface area contributed by atoms with Crippen LogP contribution in [0.15, 0.2) is 71.6 Å². The standard InChI is InChI=1S/C32H31ClF6N2OS/c1-40(29(42)23-16-24(31(34,35)36)18-25(17-23)32(37,38)39)19-22(21-6-8-26(33)9-7-21)10-13-41-14-11-30(12-15-41)20-43-28-5-3-2-4-27(28)30/h2-9,16-18,22H,10-15,19-20H2,1H3/t22-/m1/s1. The van der Waals surface area contributed by atoms with Gasteiger partial charge in [0.15, 0.2) is 0 Å². The highest BCUT2D eigenvalue weighted by Crippen LogP contribution is 2.49. The third kappa shape index (κ3) is 7.18. The van der Waals surface area contributed by atoms with Crippen LogP contribution in [0.5, 0.6) is 0 Å². The van der Waals surface area contributed by atoms with E-state index in [0.717, 1.165) is 43.8 Å². The number of likely N-dealkylation sites (N-methyl/N-ethyl adjacent to an activating group) is 1. The van der Waals surface area contributed by atoms with Gasteiger partial charge >= 0.3 is 12.4 Å². The van der Waals surface area contributed by atoms with Gasteiger partial charge in [0.05, 0.1) is 11.1 Å². The topological polar surface area (TPSA) is 23.6 Å². The summed E-state index contributed by atoms with van der Waals surface area (Å²) < 4.78 is 80.4. The van der Waals surface area contributed by atoms with E-state index in [2.05, 4.69) is 29.2 Å². The van der Waals surface area contributed by atoms with E-state index in [1.807, 2.05) is 23.9 Å². The van der Waals surface area contributed by atoms with Crippen LogP contribution in [-0.2, 0) is 17.8 Å². The molecule has 0 saturated carbocycles. The Morgan fingerprint density at radius 3 is 2.16 bits per heavy atom. The maximum atomic E-state index is 13.4. The summed E-state index contributed by atoms with van der Waals surface area (Å²) in [6.45, 7) is 2.69. The fraction of sp³-hybridized carbons (Fsp3) is 0.406. The van der Waals surface area contributed by atoms with Crippen LogP contribution >= 0.6 is 23.4 Å². The van der Waals surface area contributed by atoms with E-state index < -0.39 is 35.0 Å². The van der Waals surface area contributed by atoms with Crippen molar-refractivity contribution in [1.82, 2.24) is 9.80 Å². The van der Waals surface area contributed by atoms with Gasteiger partial charge in [-0.25, -0.2) is 0 Å². The highest BCUT2D eigenvalue weighted by Gasteiger charge is 2.42. The molecule has 0 radical (unpaired) electrons. The van der Waals surface area contributed by atoms with Crippen molar-refractivity contribution in [2.45, 2.75) is 47.8 Å². The molecule has 43 heavy (non-hydrogen) atoms. The summed E-state index contributed by atoms with van der Waals surface area (Å²) in [4.78, 5) is 18.2. The number of halogens is 7. The minimum atomic E-state index is -5.03. The Morgan fingerprint density at radius 1 is 0.953 bits per heavy atom. The molecular weight excluding hydrogens is 610 g/mol. The van der Waals surface area contributed by atoms with Crippen LogP contribution in [0.25, 0.3) is 0 Å². The molecule has 3 nitrogen and oxygen atoms in total. The molecule has 1 fully saturated rings. The van der Waals surface area contributed by atoms with E-state index in [4.69, 9.17) is 11.6 Å². The van der Waals surface area contributed by atoms with Gasteiger partial charge in [0.25, 0.3) is 5.91 Å². The minimum Gasteiger partial charge on any atom is -0.341 e. The Kier molecular flexibility index (Phi) is 9.12. The van der Waals surface area contributed by atoms with Gasteiger partial charge < -0.3 is 9.80 Å². The summed E-state index contributed by atoms with van der Waals surface area (Å²) in [5.74, 6) is -0.0443. The number of benzene rings is 3. The Morgan fingerprint density at radius 2 is 1.56 bits per heavy atom. The number of fused-ring (bicyclic) bond motifs is 2. The first kappa shape index (κ1) is 31.7. The number of hydrogen-bond acceptors (Lipinski definition) is 3. The fourth-order valence-electron chi connectivity index (χ4n) is 6.09. The molecule has 230 valence electrons. The molecule has 5 rings (SSSR count). The molecule has 2 aliphatic heterocycles. The minimum absolute atomic E-state index is 0.0267. The number of piperidine rings is 1. The number of nitrogens with zero attached hydrogens (tertiary/aromatic N) is 2. The monoisotopic (exact) mass is 640 g/mol. The SMILES string of the molecule is CN(C[C@@H](CCN1CCC2(CC1)CSc1ccccc12)c1ccc(Cl)cc1)C(=O)c1cc(C(F)(F)F)cc(C(F)(F)F)c1. The highest BCUT2D eigenvalue weighted by atomic mass is 35.5. The molecule has 3 aromatic carbocycles. The van der Waals surface area contributed by atoms with Gasteiger partial charge in [0, 0.05) is 46.2 Å². The summed E-state index contributed by atoms with van der Waals surface area (Å²) in [5, 5.41) is 0.534. The van der Waals surface area contributed by atoms with Crippen LogP contribution in [0, 0.1) is 0 Å². The lowest BCUT2D eigenvalue weighted by atomic mass is 9.74. The van der Waals surface area contributed by atoms with Crippen LogP contribution in [-0.4, -0.2) is 54.7 Å². The van der Waals surface area contributed by atoms with Crippen LogP contribution in [0.3, 0.4) is 0 Å². The average Bonchev–Trinajstić information content (AvgIpc) is 3.33. The smallest absolute Gasteiger partial charge is 0.341 e. The molecule has 0 bridgehead atoms. The molecule has 2 aliphatic rings. The molecule has 0 unspecified atom stereocenters. The number of alkyl halides is 6. The zero-order valence-corrected chi connectivity index (χ0v) is 25.0. The number of carbonyl (C=O) groups excluding carboxylic acids is 1. The van der Waals surface area contributed by atoms with Crippen molar-refractivity contribution in [2.24, 2.45) is 0 Å². The lowest BCUT2D eigenvalue weighted by Gasteiger charge is -2.40. The van der Waals surface area contributed by atoms with Gasteiger partial charge in [-0.1, -0.05) is 41.9 Å². The third-order valence-corrected chi connectivity index (χ3v) is 10.2. The first-order valence-electron chi connectivity index (χ1n) is 14.0. The second-order valence-electron chi connectivity index (χ2n) is 11.4. The second-order valence-corrected chi connectivity index (χ2v) is 12.9. The normalized spacial score (nSPS) is 17.6. The van der Waals surface area contributed by atoms with E-state index in [1.54, 1.807) is 12.1 Å². The van der Waals surface area contributed by atoms with Gasteiger partial charge in [0.2, 0.25) is 0 Å². The number of rotatable bonds is 7. The molecule has 0 N–H and O–H groups in total. The third-order valence-electron chi connectivity index (χ3n) is 8.59. The Labute approximate surface area is 256 Å². The first-order valence-corrected chi connectivity index (χ1v) is 15.4. The molecule has 3 aromatic rings. The Balaban J connectivity index is 1.30. The van der Waals surface area contributed by atoms with E-state index in [-0.39, 0.29) is 23.9 Å². The van der Waals surface area contributed by atoms with Crippen LogP contribution in [0.1, 0.15) is 57.8 Å². The quantitative estimate of drug-likeness (QED) is 0.241. The van der Waals surface area contributed by atoms with Gasteiger partial charge in [-0.3, -0.25) is 4.79 Å². The number of likely N-dealkylation sites (tertiary alicyclic amines) is 1. The molecule has 11 heteroatoms. The summed E-state index contributed by atoms with van der Waals surface area (Å²) >= 11 is 8.00. The predicted molar refractivity (Wildman–Crippen MR) is 157 cm³/mol. The van der Waals surface area contributed by atoms with Crippen molar-refractivity contribution >= 4 is 29.3 Å². The zero-order chi connectivity index (χ0) is 31.0. The van der Waals surface area contributed by atoms with E-state index in [9.17, 15) is 31.1 Å². The fourth-order valence-corrected chi connectivity index (χ4v) is 7.71. The zero-order valence-electron chi connectivity index (χ0n) is 23.4. The summed E-state index contributed by atoms with van der Waals surface area (Å²) in [6.07, 6.45) is -7.34. The summed E-state index contributed by atoms with van der Waals surface area (Å²) in [7, 11) is 1.40. The van der Waals surface area contributed by atoms with Crippen molar-refractivity contribution in [2.75, 3.05) is 39.0 Å². The molecule has 1 atom stereocenters. The molecule has 1 amide bonds. The van der Waals surface area contributed by atoms with E-state index >= 15 is 0 Å². The predicted octanol–water partition coefficient (Wildman–Crippen LogP) is 8.76. The van der Waals surface area contributed by atoms with Gasteiger partial charge in [0.1, 0.15) is 0 Å². The van der Waals surface area contributed by atoms with Crippen LogP contribution in [0.2, 0.25) is 5.02 Å². The van der Waals surface area contributed by atoms with Crippen molar-refractivity contribution in [3.63, 3.8) is 0 Å². The molecule has 1 spiro atoms. The van der Waals surface area contributed by atoms with Gasteiger partial charge in [-0.2, -0.15) is 26.3 Å². The highest BCUT2D eigenvalue weighted by molar-refractivity contribution is 7.99. The van der Waals surface area contributed by atoms with Crippen molar-refractivity contribution in [3.8, 4) is 0 Å². The molecule has 2 heterocycles. The lowest BCUT2D eigenvalue weighted by molar-refractivity contribution is -0.143. The first-order chi connectivity index (χ1) is 20.2. The summed E-state index contributed by atoms with van der Waals surface area (Å²) in [6, 6.07) is 16.7. The number of thioether (sulfide) groups is 1. The molecule has 0 aromatic heterocycles. The second kappa shape index (κ2) is 12.4. The van der Waals surface area contributed by atoms with Gasteiger partial charge in [-0.05, 0) is 86.4 Å². The summed E-state index contributed by atoms with van der Waals surface area (Å²) in [5.41, 5.74) is -1.18. The van der Waals surface area contributed by atoms with E-state index in [1.165, 1.54) is 22.4 Å². The maximum Gasteiger partial charge on any atom is 0.416 e. The maximum absolute atomic E-state index is 13.4. The number of amides is 1. The Bertz CT molecular complexity index is 1420. The molecule has 1 saturated heterocycles. The van der Waals surface area contributed by atoms with E-state index in [0.29, 0.717) is 23.6 Å². The number of hydrogen-bond donors (Lipinski definition) is 0. The van der Waals surface area contributed by atoms with Crippen molar-refractivity contribution < 1.29 is 31.1 Å². The van der Waals surface area contributed by atoms with Gasteiger partial charge in [-0.15, -0.1) is 11.8 Å². The largest absolute Gasteiger partial charge is 0.416 e. The van der Waals surface area contributed by atoms with Crippen LogP contribution < -0.4 is 0 Å². The lowest BCUT2D eigenvalue weighted by Crippen LogP contribution is -2.43. The molecular formula is C32H31ClF6N2OS. The van der Waals surface area contributed by atoms with Crippen LogP contribution in [0.4, 0.5) is 26.3 Å². The number of carbonyl (C=O) groups is 1. The average molecular weight is 641 g/mol. The van der Waals surface area contributed by atoms with Crippen molar-refractivity contribution in [3.05, 3.63) is 99.6 Å². The van der Waals surface area contributed by atoms with Crippen molar-refractivity contribution in [1.29, 1.82) is 0 Å². The molecule has 0 aliphatic carbocycles.